The zero-order chi connectivity index (χ0) is 15.3. The third-order valence-electron chi connectivity index (χ3n) is 3.36. The van der Waals surface area contributed by atoms with Crippen molar-refractivity contribution < 1.29 is 13.2 Å². The summed E-state index contributed by atoms with van der Waals surface area (Å²) >= 11 is 1.65. The van der Waals surface area contributed by atoms with Crippen LogP contribution in [-0.4, -0.2) is 6.04 Å². The molecular formula is C15H17F3N2S. The van der Waals surface area contributed by atoms with Crippen molar-refractivity contribution in [3.05, 3.63) is 57.8 Å². The smallest absolute Gasteiger partial charge is 0.271 e. The predicted molar refractivity (Wildman–Crippen MR) is 78.9 cm³/mol. The van der Waals surface area contributed by atoms with E-state index in [1.165, 1.54) is 17.7 Å². The molecule has 1 aromatic carbocycles. The molecule has 0 saturated carbocycles. The molecule has 3 N–H and O–H groups in total. The van der Waals surface area contributed by atoms with Crippen molar-refractivity contribution in [2.45, 2.75) is 31.5 Å². The normalized spacial score (nSPS) is 13.3. The van der Waals surface area contributed by atoms with Gasteiger partial charge in [-0.05, 0) is 59.3 Å². The van der Waals surface area contributed by atoms with Crippen LogP contribution in [0.3, 0.4) is 0 Å². The Morgan fingerprint density at radius 2 is 1.81 bits per heavy atom. The SMILES string of the molecule is NNC(CCc1ccsc1)Cc1ccc(C(F)(F)F)cc1. The molecule has 0 amide bonds. The van der Waals surface area contributed by atoms with E-state index < -0.39 is 11.7 Å². The number of aryl methyl sites for hydroxylation is 1. The molecule has 2 aromatic rings. The van der Waals surface area contributed by atoms with Gasteiger partial charge in [0.25, 0.3) is 0 Å². The van der Waals surface area contributed by atoms with Crippen LogP contribution >= 0.6 is 11.3 Å². The number of alkyl halides is 3. The molecule has 21 heavy (non-hydrogen) atoms. The van der Waals surface area contributed by atoms with Crippen molar-refractivity contribution in [1.82, 2.24) is 5.43 Å². The highest BCUT2D eigenvalue weighted by atomic mass is 32.1. The monoisotopic (exact) mass is 314 g/mol. The Labute approximate surface area is 125 Å². The molecule has 0 fully saturated rings. The number of rotatable bonds is 6. The number of hydrogen-bond acceptors (Lipinski definition) is 3. The molecule has 0 bridgehead atoms. The maximum Gasteiger partial charge on any atom is 0.416 e. The molecule has 2 rings (SSSR count). The van der Waals surface area contributed by atoms with Gasteiger partial charge < -0.3 is 0 Å². The second-order valence-electron chi connectivity index (χ2n) is 4.93. The van der Waals surface area contributed by atoms with Crippen molar-refractivity contribution in [3.8, 4) is 0 Å². The molecule has 114 valence electrons. The number of thiophene rings is 1. The van der Waals surface area contributed by atoms with Gasteiger partial charge in [-0.2, -0.15) is 24.5 Å². The maximum absolute atomic E-state index is 12.5. The van der Waals surface area contributed by atoms with Gasteiger partial charge in [-0.1, -0.05) is 12.1 Å². The van der Waals surface area contributed by atoms with Crippen LogP contribution < -0.4 is 11.3 Å². The summed E-state index contributed by atoms with van der Waals surface area (Å²) in [5.74, 6) is 5.53. The number of hydrogen-bond donors (Lipinski definition) is 2. The van der Waals surface area contributed by atoms with Crippen LogP contribution in [0.25, 0.3) is 0 Å². The molecular weight excluding hydrogens is 297 g/mol. The standard InChI is InChI=1S/C15H17F3N2S/c16-15(17,18)13-4-1-11(2-5-13)9-14(20-19)6-3-12-7-8-21-10-12/h1-2,4-5,7-8,10,14,20H,3,6,9,19H2. The highest BCUT2D eigenvalue weighted by molar-refractivity contribution is 7.07. The lowest BCUT2D eigenvalue weighted by Crippen LogP contribution is -2.37. The summed E-state index contributed by atoms with van der Waals surface area (Å²) in [6.45, 7) is 0. The van der Waals surface area contributed by atoms with Crippen LogP contribution in [0.4, 0.5) is 13.2 Å². The van der Waals surface area contributed by atoms with Gasteiger partial charge in [-0.3, -0.25) is 11.3 Å². The van der Waals surface area contributed by atoms with Gasteiger partial charge in [-0.25, -0.2) is 0 Å². The third kappa shape index (κ3) is 4.84. The molecule has 0 aliphatic carbocycles. The van der Waals surface area contributed by atoms with Crippen LogP contribution in [0, 0.1) is 0 Å². The predicted octanol–water partition coefficient (Wildman–Crippen LogP) is 3.77. The lowest BCUT2D eigenvalue weighted by molar-refractivity contribution is -0.137. The first kappa shape index (κ1) is 16.0. The Bertz CT molecular complexity index is 535. The van der Waals surface area contributed by atoms with E-state index in [0.29, 0.717) is 6.42 Å². The lowest BCUT2D eigenvalue weighted by Gasteiger charge is -2.16. The van der Waals surface area contributed by atoms with E-state index in [1.54, 1.807) is 11.3 Å². The summed E-state index contributed by atoms with van der Waals surface area (Å²) in [5, 5.41) is 4.11. The molecule has 0 radical (unpaired) electrons. The minimum absolute atomic E-state index is 0.0432. The van der Waals surface area contributed by atoms with Gasteiger partial charge in [0.1, 0.15) is 0 Å². The Balaban J connectivity index is 1.92. The van der Waals surface area contributed by atoms with Crippen molar-refractivity contribution in [2.24, 2.45) is 5.84 Å². The molecule has 1 heterocycles. The molecule has 1 atom stereocenters. The minimum atomic E-state index is -4.29. The summed E-state index contributed by atoms with van der Waals surface area (Å²) in [6.07, 6.45) is -1.94. The van der Waals surface area contributed by atoms with E-state index in [9.17, 15) is 13.2 Å². The van der Waals surface area contributed by atoms with E-state index in [-0.39, 0.29) is 6.04 Å². The Hall–Kier alpha value is -1.37. The van der Waals surface area contributed by atoms with Gasteiger partial charge in [0, 0.05) is 6.04 Å². The van der Waals surface area contributed by atoms with Crippen molar-refractivity contribution in [2.75, 3.05) is 0 Å². The summed E-state index contributed by atoms with van der Waals surface area (Å²) in [6, 6.07) is 7.36. The average Bonchev–Trinajstić information content (AvgIpc) is 2.96. The van der Waals surface area contributed by atoms with E-state index in [1.807, 2.05) is 5.38 Å². The Morgan fingerprint density at radius 1 is 1.10 bits per heavy atom. The number of nitrogens with two attached hydrogens (primary N) is 1. The Morgan fingerprint density at radius 3 is 2.33 bits per heavy atom. The van der Waals surface area contributed by atoms with Gasteiger partial charge in [0.2, 0.25) is 0 Å². The number of halogens is 3. The fourth-order valence-electron chi connectivity index (χ4n) is 2.13. The number of benzene rings is 1. The molecule has 2 nitrogen and oxygen atoms in total. The van der Waals surface area contributed by atoms with Crippen LogP contribution in [-0.2, 0) is 19.0 Å². The van der Waals surface area contributed by atoms with Gasteiger partial charge in [-0.15, -0.1) is 0 Å². The highest BCUT2D eigenvalue weighted by Crippen LogP contribution is 2.29. The molecule has 0 aliphatic rings. The summed E-state index contributed by atoms with van der Waals surface area (Å²) in [4.78, 5) is 0. The largest absolute Gasteiger partial charge is 0.416 e. The van der Waals surface area contributed by atoms with Crippen molar-refractivity contribution in [3.63, 3.8) is 0 Å². The molecule has 1 unspecified atom stereocenters. The third-order valence-corrected chi connectivity index (χ3v) is 4.09. The summed E-state index contributed by atoms with van der Waals surface area (Å²) in [7, 11) is 0. The fourth-order valence-corrected chi connectivity index (χ4v) is 2.84. The van der Waals surface area contributed by atoms with Crippen molar-refractivity contribution in [1.29, 1.82) is 0 Å². The molecule has 0 spiro atoms. The van der Waals surface area contributed by atoms with Crippen LogP contribution in [0.2, 0.25) is 0 Å². The zero-order valence-corrected chi connectivity index (χ0v) is 12.2. The van der Waals surface area contributed by atoms with Gasteiger partial charge >= 0.3 is 6.18 Å². The molecule has 0 aliphatic heterocycles. The summed E-state index contributed by atoms with van der Waals surface area (Å²) in [5.41, 5.74) is 4.22. The first-order chi connectivity index (χ1) is 9.99. The maximum atomic E-state index is 12.5. The lowest BCUT2D eigenvalue weighted by atomic mass is 9.99. The summed E-state index contributed by atoms with van der Waals surface area (Å²) < 4.78 is 37.5. The average molecular weight is 314 g/mol. The zero-order valence-electron chi connectivity index (χ0n) is 11.4. The van der Waals surface area contributed by atoms with Crippen LogP contribution in [0.5, 0.6) is 0 Å². The van der Waals surface area contributed by atoms with Crippen LogP contribution in [0.15, 0.2) is 41.1 Å². The fraction of sp³-hybridized carbons (Fsp3) is 0.333. The van der Waals surface area contributed by atoms with E-state index in [2.05, 4.69) is 16.9 Å². The first-order valence-electron chi connectivity index (χ1n) is 6.62. The molecule has 0 saturated heterocycles. The van der Waals surface area contributed by atoms with Gasteiger partial charge in [0.05, 0.1) is 5.56 Å². The first-order valence-corrected chi connectivity index (χ1v) is 7.56. The Kier molecular flexibility index (Phi) is 5.39. The highest BCUT2D eigenvalue weighted by Gasteiger charge is 2.29. The number of hydrazine groups is 1. The second kappa shape index (κ2) is 7.06. The van der Waals surface area contributed by atoms with Crippen molar-refractivity contribution >= 4 is 11.3 Å². The topological polar surface area (TPSA) is 38.0 Å². The van der Waals surface area contributed by atoms with Gasteiger partial charge in [0.15, 0.2) is 0 Å². The van der Waals surface area contributed by atoms with E-state index in [4.69, 9.17) is 5.84 Å². The van der Waals surface area contributed by atoms with Crippen LogP contribution in [0.1, 0.15) is 23.1 Å². The number of nitrogens with one attached hydrogen (secondary N) is 1. The van der Waals surface area contributed by atoms with E-state index in [0.717, 1.165) is 30.5 Å². The quantitative estimate of drug-likeness (QED) is 0.629. The molecule has 6 heteroatoms. The molecule has 1 aromatic heterocycles. The van der Waals surface area contributed by atoms with E-state index >= 15 is 0 Å². The second-order valence-corrected chi connectivity index (χ2v) is 5.71. The minimum Gasteiger partial charge on any atom is -0.271 e.